The summed E-state index contributed by atoms with van der Waals surface area (Å²) in [6, 6.07) is 13.9. The van der Waals surface area contributed by atoms with Gasteiger partial charge in [0.1, 0.15) is 6.17 Å². The third kappa shape index (κ3) is 12.9. The van der Waals surface area contributed by atoms with Crippen LogP contribution in [0.25, 0.3) is 10.8 Å². The highest BCUT2D eigenvalue weighted by atomic mass is 35.6. The van der Waals surface area contributed by atoms with Gasteiger partial charge in [0.15, 0.2) is 0 Å². The fourth-order valence-electron chi connectivity index (χ4n) is 4.60. The minimum absolute atomic E-state index is 0.103. The second-order valence-corrected chi connectivity index (χ2v) is 12.3. The van der Waals surface area contributed by atoms with Crippen LogP contribution in [0.1, 0.15) is 110 Å². The van der Waals surface area contributed by atoms with Crippen molar-refractivity contribution in [3.8, 4) is 0 Å². The Morgan fingerprint density at radius 2 is 1.22 bits per heavy atom. The van der Waals surface area contributed by atoms with Crippen molar-refractivity contribution in [2.45, 2.75) is 120 Å². The molecule has 2 rings (SSSR count). The SMILES string of the molecule is CCCCCCCCCCCCCCCCCC(=O)N[C@H](Nc1cccc2ccccc12)C(Cl)(Cl)Cl. The van der Waals surface area contributed by atoms with Crippen LogP contribution in [0, 0.1) is 0 Å². The van der Waals surface area contributed by atoms with E-state index >= 15 is 0 Å². The van der Waals surface area contributed by atoms with Gasteiger partial charge in [0, 0.05) is 17.5 Å². The highest BCUT2D eigenvalue weighted by molar-refractivity contribution is 6.68. The molecule has 0 aliphatic carbocycles. The first-order valence-corrected chi connectivity index (χ1v) is 15.2. The van der Waals surface area contributed by atoms with Gasteiger partial charge in [-0.05, 0) is 17.9 Å². The molecule has 0 aliphatic heterocycles. The van der Waals surface area contributed by atoms with Crippen molar-refractivity contribution in [1.82, 2.24) is 5.32 Å². The first-order chi connectivity index (χ1) is 17.4. The lowest BCUT2D eigenvalue weighted by Crippen LogP contribution is -2.49. The quantitative estimate of drug-likeness (QED) is 0.103. The predicted octanol–water partition coefficient (Wildman–Crippen LogP) is 10.3. The van der Waals surface area contributed by atoms with Crippen molar-refractivity contribution in [3.63, 3.8) is 0 Å². The number of nitrogens with one attached hydrogen (secondary N) is 2. The van der Waals surface area contributed by atoms with Gasteiger partial charge in [-0.25, -0.2) is 0 Å². The zero-order chi connectivity index (χ0) is 26.1. The second kappa shape index (κ2) is 18.2. The molecule has 0 saturated heterocycles. The molecule has 2 aromatic rings. The second-order valence-electron chi connectivity index (χ2n) is 9.91. The van der Waals surface area contributed by atoms with Crippen molar-refractivity contribution in [3.05, 3.63) is 42.5 Å². The molecule has 0 radical (unpaired) electrons. The number of halogens is 3. The van der Waals surface area contributed by atoms with Crippen molar-refractivity contribution in [2.24, 2.45) is 0 Å². The topological polar surface area (TPSA) is 41.1 Å². The summed E-state index contributed by atoms with van der Waals surface area (Å²) in [6.07, 6.45) is 19.1. The Kier molecular flexibility index (Phi) is 15.7. The summed E-state index contributed by atoms with van der Waals surface area (Å²) in [7, 11) is 0. The normalized spacial score (nSPS) is 12.6. The van der Waals surface area contributed by atoms with Gasteiger partial charge in [0.05, 0.1) is 0 Å². The molecular formula is C30H45Cl3N2O. The van der Waals surface area contributed by atoms with Crippen molar-refractivity contribution in [1.29, 1.82) is 0 Å². The zero-order valence-electron chi connectivity index (χ0n) is 22.0. The average Bonchev–Trinajstić information content (AvgIpc) is 2.85. The van der Waals surface area contributed by atoms with Crippen LogP contribution in [-0.2, 0) is 4.79 Å². The van der Waals surface area contributed by atoms with E-state index in [9.17, 15) is 4.79 Å². The van der Waals surface area contributed by atoms with Crippen LogP contribution in [0.15, 0.2) is 42.5 Å². The summed E-state index contributed by atoms with van der Waals surface area (Å²) >= 11 is 18.6. The average molecular weight is 556 g/mol. The fourth-order valence-corrected chi connectivity index (χ4v) is 4.92. The van der Waals surface area contributed by atoms with Gasteiger partial charge in [-0.1, -0.05) is 168 Å². The van der Waals surface area contributed by atoms with Crippen LogP contribution in [0.4, 0.5) is 5.69 Å². The van der Waals surface area contributed by atoms with E-state index in [0.29, 0.717) is 6.42 Å². The Balaban J connectivity index is 1.57. The number of fused-ring (bicyclic) bond motifs is 1. The Morgan fingerprint density at radius 3 is 1.78 bits per heavy atom. The smallest absolute Gasteiger partial charge is 0.228 e. The lowest BCUT2D eigenvalue weighted by Gasteiger charge is -2.28. The minimum Gasteiger partial charge on any atom is -0.361 e. The first kappa shape index (κ1) is 31.1. The summed E-state index contributed by atoms with van der Waals surface area (Å²) in [5.41, 5.74) is 0.816. The molecular weight excluding hydrogens is 511 g/mol. The predicted molar refractivity (Wildman–Crippen MR) is 159 cm³/mol. The number of rotatable bonds is 19. The van der Waals surface area contributed by atoms with E-state index in [-0.39, 0.29) is 5.91 Å². The summed E-state index contributed by atoms with van der Waals surface area (Å²) in [5, 5.41) is 8.18. The van der Waals surface area contributed by atoms with Crippen molar-refractivity contribution in [2.75, 3.05) is 5.32 Å². The van der Waals surface area contributed by atoms with Crippen molar-refractivity contribution >= 4 is 57.2 Å². The highest BCUT2D eigenvalue weighted by Gasteiger charge is 2.34. The molecule has 0 saturated carbocycles. The van der Waals surface area contributed by atoms with Gasteiger partial charge in [-0.15, -0.1) is 0 Å². The van der Waals surface area contributed by atoms with Crippen LogP contribution in [0.2, 0.25) is 0 Å². The number of amides is 1. The first-order valence-electron chi connectivity index (χ1n) is 14.0. The highest BCUT2D eigenvalue weighted by Crippen LogP contribution is 2.33. The molecule has 0 fully saturated rings. The van der Waals surface area contributed by atoms with Gasteiger partial charge in [0.25, 0.3) is 0 Å². The Labute approximate surface area is 234 Å². The zero-order valence-corrected chi connectivity index (χ0v) is 24.2. The number of hydrogen-bond donors (Lipinski definition) is 2. The summed E-state index contributed by atoms with van der Waals surface area (Å²) < 4.78 is -1.68. The summed E-state index contributed by atoms with van der Waals surface area (Å²) in [5.74, 6) is -0.103. The van der Waals surface area contributed by atoms with Gasteiger partial charge in [0.2, 0.25) is 9.70 Å². The molecule has 6 heteroatoms. The number of unbranched alkanes of at least 4 members (excludes halogenated alkanes) is 14. The maximum Gasteiger partial charge on any atom is 0.228 e. The molecule has 0 unspecified atom stereocenters. The Morgan fingerprint density at radius 1 is 0.722 bits per heavy atom. The van der Waals surface area contributed by atoms with Crippen LogP contribution in [0.3, 0.4) is 0 Å². The lowest BCUT2D eigenvalue weighted by atomic mass is 10.0. The molecule has 202 valence electrons. The number of alkyl halides is 3. The number of carbonyl (C=O) groups is 1. The molecule has 36 heavy (non-hydrogen) atoms. The van der Waals surface area contributed by atoms with E-state index in [1.54, 1.807) is 0 Å². The number of carbonyl (C=O) groups excluding carboxylic acids is 1. The number of hydrogen-bond acceptors (Lipinski definition) is 2. The number of benzene rings is 2. The number of anilines is 1. The summed E-state index contributed by atoms with van der Waals surface area (Å²) in [4.78, 5) is 12.6. The molecule has 2 N–H and O–H groups in total. The molecule has 0 aromatic heterocycles. The largest absolute Gasteiger partial charge is 0.361 e. The molecule has 0 aliphatic rings. The fraction of sp³-hybridized carbons (Fsp3) is 0.633. The molecule has 0 heterocycles. The van der Waals surface area contributed by atoms with Gasteiger partial charge in [-0.3, -0.25) is 4.79 Å². The standard InChI is InChI=1S/C30H45Cl3N2O/c1-2-3-4-5-6-7-8-9-10-11-12-13-14-15-16-24-28(36)35-29(30(31,32)33)34-27-23-19-21-25-20-17-18-22-26(25)27/h17-23,29,34H,2-16,24H2,1H3,(H,35,36)/t29-/m0/s1. The van der Waals surface area contributed by atoms with E-state index in [1.165, 1.54) is 83.5 Å². The Bertz CT molecular complexity index is 863. The minimum atomic E-state index is -1.68. The molecule has 2 aromatic carbocycles. The van der Waals surface area contributed by atoms with Crippen LogP contribution in [0.5, 0.6) is 0 Å². The van der Waals surface area contributed by atoms with E-state index in [4.69, 9.17) is 34.8 Å². The summed E-state index contributed by atoms with van der Waals surface area (Å²) in [6.45, 7) is 2.27. The van der Waals surface area contributed by atoms with E-state index in [1.807, 2.05) is 42.5 Å². The Hall–Kier alpha value is -1.16. The van der Waals surface area contributed by atoms with Crippen LogP contribution in [-0.4, -0.2) is 15.9 Å². The molecule has 1 amide bonds. The maximum absolute atomic E-state index is 12.6. The van der Waals surface area contributed by atoms with Crippen LogP contribution >= 0.6 is 34.8 Å². The third-order valence-corrected chi connectivity index (χ3v) is 7.38. The third-order valence-electron chi connectivity index (χ3n) is 6.73. The molecule has 0 bridgehead atoms. The van der Waals surface area contributed by atoms with E-state index in [0.717, 1.165) is 29.3 Å². The van der Waals surface area contributed by atoms with E-state index < -0.39 is 9.96 Å². The van der Waals surface area contributed by atoms with Crippen LogP contribution < -0.4 is 10.6 Å². The monoisotopic (exact) mass is 554 g/mol. The maximum atomic E-state index is 12.6. The van der Waals surface area contributed by atoms with Gasteiger partial charge < -0.3 is 10.6 Å². The molecule has 0 spiro atoms. The van der Waals surface area contributed by atoms with Gasteiger partial charge in [-0.2, -0.15) is 0 Å². The van der Waals surface area contributed by atoms with Gasteiger partial charge >= 0.3 is 0 Å². The van der Waals surface area contributed by atoms with Crippen molar-refractivity contribution < 1.29 is 4.79 Å². The lowest BCUT2D eigenvalue weighted by molar-refractivity contribution is -0.121. The molecule has 1 atom stereocenters. The van der Waals surface area contributed by atoms with E-state index in [2.05, 4.69) is 17.6 Å². The molecule has 3 nitrogen and oxygen atoms in total.